The first-order valence-corrected chi connectivity index (χ1v) is 8.50. The minimum Gasteiger partial charge on any atom is -0.462 e. The molecule has 0 aromatic carbocycles. The number of hydrogen-bond donors (Lipinski definition) is 0. The zero-order valence-electron chi connectivity index (χ0n) is 13.9. The van der Waals surface area contributed by atoms with E-state index >= 15 is 0 Å². The standard InChI is InChI=1S/C16H21N3O3S/c1-5-7-8-17-16-19(4)14(20)12-9-11(15(21)22-6-2)10(3)18-13(12)23-16/h9H,5-8H2,1-4H3. The van der Waals surface area contributed by atoms with E-state index in [1.807, 2.05) is 0 Å². The summed E-state index contributed by atoms with van der Waals surface area (Å²) in [6.07, 6.45) is 2.03. The van der Waals surface area contributed by atoms with Crippen LogP contribution in [-0.2, 0) is 11.8 Å². The van der Waals surface area contributed by atoms with Gasteiger partial charge in [-0.1, -0.05) is 24.7 Å². The normalized spacial score (nSPS) is 11.9. The highest BCUT2D eigenvalue weighted by atomic mass is 32.1. The van der Waals surface area contributed by atoms with Gasteiger partial charge in [0, 0.05) is 13.6 Å². The lowest BCUT2D eigenvalue weighted by Crippen LogP contribution is -2.29. The Morgan fingerprint density at radius 1 is 1.43 bits per heavy atom. The Labute approximate surface area is 138 Å². The van der Waals surface area contributed by atoms with Crippen LogP contribution >= 0.6 is 11.3 Å². The van der Waals surface area contributed by atoms with Gasteiger partial charge in [-0.05, 0) is 26.3 Å². The van der Waals surface area contributed by atoms with Crippen molar-refractivity contribution in [1.82, 2.24) is 9.55 Å². The lowest BCUT2D eigenvalue weighted by atomic mass is 10.2. The van der Waals surface area contributed by atoms with Gasteiger partial charge >= 0.3 is 5.97 Å². The second kappa shape index (κ2) is 7.50. The van der Waals surface area contributed by atoms with Crippen LogP contribution in [0.25, 0.3) is 10.2 Å². The molecular weight excluding hydrogens is 314 g/mol. The number of esters is 1. The SMILES string of the molecule is CCCCN=c1sc2nc(C)c(C(=O)OCC)cc2c(=O)n1C. The van der Waals surface area contributed by atoms with E-state index in [1.165, 1.54) is 15.9 Å². The summed E-state index contributed by atoms with van der Waals surface area (Å²) in [4.78, 5) is 34.6. The van der Waals surface area contributed by atoms with Crippen molar-refractivity contribution >= 4 is 27.5 Å². The molecule has 6 nitrogen and oxygen atoms in total. The zero-order valence-corrected chi connectivity index (χ0v) is 14.7. The molecule has 0 amide bonds. The molecule has 2 aromatic heterocycles. The third-order valence-corrected chi connectivity index (χ3v) is 4.53. The average Bonchev–Trinajstić information content (AvgIpc) is 2.52. The van der Waals surface area contributed by atoms with Crippen molar-refractivity contribution in [2.45, 2.75) is 33.6 Å². The minimum absolute atomic E-state index is 0.202. The molecule has 0 N–H and O–H groups in total. The Morgan fingerprint density at radius 2 is 2.17 bits per heavy atom. The third-order valence-electron chi connectivity index (χ3n) is 3.44. The molecule has 2 rings (SSSR count). The van der Waals surface area contributed by atoms with E-state index in [0.717, 1.165) is 12.8 Å². The summed E-state index contributed by atoms with van der Waals surface area (Å²) in [5.74, 6) is -0.455. The maximum absolute atomic E-state index is 12.5. The van der Waals surface area contributed by atoms with E-state index in [2.05, 4.69) is 16.9 Å². The molecule has 124 valence electrons. The van der Waals surface area contributed by atoms with E-state index in [4.69, 9.17) is 4.74 Å². The zero-order chi connectivity index (χ0) is 17.0. The van der Waals surface area contributed by atoms with Gasteiger partial charge in [-0.2, -0.15) is 0 Å². The minimum atomic E-state index is -0.455. The second-order valence-electron chi connectivity index (χ2n) is 5.18. The second-order valence-corrected chi connectivity index (χ2v) is 6.13. The molecule has 2 heterocycles. The largest absolute Gasteiger partial charge is 0.462 e. The Morgan fingerprint density at radius 3 is 2.83 bits per heavy atom. The van der Waals surface area contributed by atoms with Crippen molar-refractivity contribution in [1.29, 1.82) is 0 Å². The van der Waals surface area contributed by atoms with Crippen LogP contribution in [0, 0.1) is 6.92 Å². The van der Waals surface area contributed by atoms with Gasteiger partial charge in [0.2, 0.25) is 0 Å². The van der Waals surface area contributed by atoms with Crippen molar-refractivity contribution in [3.8, 4) is 0 Å². The molecule has 0 saturated carbocycles. The van der Waals surface area contributed by atoms with Gasteiger partial charge < -0.3 is 4.74 Å². The van der Waals surface area contributed by atoms with Crippen LogP contribution in [0.2, 0.25) is 0 Å². The molecule has 0 aliphatic carbocycles. The third kappa shape index (κ3) is 3.67. The molecule has 7 heteroatoms. The molecule has 0 aliphatic rings. The summed E-state index contributed by atoms with van der Waals surface area (Å²) in [5, 5.41) is 0.417. The highest BCUT2D eigenvalue weighted by Gasteiger charge is 2.15. The lowest BCUT2D eigenvalue weighted by molar-refractivity contribution is 0.0525. The van der Waals surface area contributed by atoms with Crippen molar-refractivity contribution in [2.75, 3.05) is 13.2 Å². The van der Waals surface area contributed by atoms with E-state index in [9.17, 15) is 9.59 Å². The van der Waals surface area contributed by atoms with E-state index in [1.54, 1.807) is 27.0 Å². The molecule has 2 aromatic rings. The van der Waals surface area contributed by atoms with Crippen LogP contribution < -0.4 is 10.4 Å². The Balaban J connectivity index is 2.64. The van der Waals surface area contributed by atoms with Crippen LogP contribution in [0.5, 0.6) is 0 Å². The van der Waals surface area contributed by atoms with Gasteiger partial charge in [0.25, 0.3) is 5.56 Å². The summed E-state index contributed by atoms with van der Waals surface area (Å²) >= 11 is 1.36. The molecule has 0 spiro atoms. The molecule has 0 saturated heterocycles. The van der Waals surface area contributed by atoms with Crippen LogP contribution in [-0.4, -0.2) is 28.7 Å². The highest BCUT2D eigenvalue weighted by molar-refractivity contribution is 7.15. The van der Waals surface area contributed by atoms with Gasteiger partial charge in [-0.25, -0.2) is 9.78 Å². The number of unbranched alkanes of at least 4 members (excludes halogenated alkanes) is 1. The van der Waals surface area contributed by atoms with Crippen LogP contribution in [0.3, 0.4) is 0 Å². The maximum Gasteiger partial charge on any atom is 0.339 e. The Hall–Kier alpha value is -2.02. The summed E-state index contributed by atoms with van der Waals surface area (Å²) in [6.45, 7) is 6.55. The fourth-order valence-electron chi connectivity index (χ4n) is 2.12. The first-order valence-electron chi connectivity index (χ1n) is 7.68. The summed E-state index contributed by atoms with van der Waals surface area (Å²) in [5.41, 5.74) is 0.686. The Kier molecular flexibility index (Phi) is 5.65. The lowest BCUT2D eigenvalue weighted by Gasteiger charge is -2.07. The first kappa shape index (κ1) is 17.3. The van der Waals surface area contributed by atoms with Gasteiger partial charge in [0.05, 0.1) is 23.3 Å². The molecule has 0 fully saturated rings. The van der Waals surface area contributed by atoms with Gasteiger partial charge in [-0.15, -0.1) is 0 Å². The van der Waals surface area contributed by atoms with E-state index < -0.39 is 5.97 Å². The molecule has 0 atom stereocenters. The number of rotatable bonds is 5. The van der Waals surface area contributed by atoms with E-state index in [0.29, 0.717) is 32.8 Å². The Bertz CT molecular complexity index is 852. The predicted molar refractivity (Wildman–Crippen MR) is 90.9 cm³/mol. The van der Waals surface area contributed by atoms with E-state index in [-0.39, 0.29) is 12.2 Å². The molecule has 0 bridgehead atoms. The predicted octanol–water partition coefficient (Wildman–Crippen LogP) is 2.18. The van der Waals surface area contributed by atoms with Crippen molar-refractivity contribution in [2.24, 2.45) is 12.0 Å². The number of hydrogen-bond acceptors (Lipinski definition) is 6. The molecule has 0 aliphatic heterocycles. The van der Waals surface area contributed by atoms with Gasteiger partial charge in [-0.3, -0.25) is 14.4 Å². The molecule has 0 unspecified atom stereocenters. The number of carbonyl (C=O) groups is 1. The number of pyridine rings is 1. The summed E-state index contributed by atoms with van der Waals surface area (Å²) in [6, 6.07) is 1.57. The summed E-state index contributed by atoms with van der Waals surface area (Å²) < 4.78 is 6.52. The first-order chi connectivity index (χ1) is 11.0. The van der Waals surface area contributed by atoms with Gasteiger partial charge in [0.1, 0.15) is 4.83 Å². The van der Waals surface area contributed by atoms with Crippen molar-refractivity contribution in [3.05, 3.63) is 32.5 Å². The van der Waals surface area contributed by atoms with Crippen molar-refractivity contribution in [3.63, 3.8) is 0 Å². The number of aromatic nitrogens is 2. The van der Waals surface area contributed by atoms with Crippen molar-refractivity contribution < 1.29 is 9.53 Å². The number of aryl methyl sites for hydroxylation is 1. The highest BCUT2D eigenvalue weighted by Crippen LogP contribution is 2.16. The van der Waals surface area contributed by atoms with Crippen LogP contribution in [0.1, 0.15) is 42.7 Å². The number of nitrogens with zero attached hydrogens (tertiary/aromatic N) is 3. The number of ether oxygens (including phenoxy) is 1. The maximum atomic E-state index is 12.5. The summed E-state index contributed by atoms with van der Waals surface area (Å²) in [7, 11) is 1.69. The van der Waals surface area contributed by atoms with Crippen LogP contribution in [0.15, 0.2) is 15.9 Å². The van der Waals surface area contributed by atoms with Crippen LogP contribution in [0.4, 0.5) is 0 Å². The smallest absolute Gasteiger partial charge is 0.339 e. The van der Waals surface area contributed by atoms with Gasteiger partial charge in [0.15, 0.2) is 4.80 Å². The average molecular weight is 335 g/mol. The molecular formula is C16H21N3O3S. The fourth-order valence-corrected chi connectivity index (χ4v) is 3.11. The quantitative estimate of drug-likeness (QED) is 0.620. The number of carbonyl (C=O) groups excluding carboxylic acids is 1. The topological polar surface area (TPSA) is 73.6 Å². The molecule has 23 heavy (non-hydrogen) atoms. The fraction of sp³-hybridized carbons (Fsp3) is 0.500. The monoisotopic (exact) mass is 335 g/mol. The molecule has 0 radical (unpaired) electrons. The number of fused-ring (bicyclic) bond motifs is 1.